The van der Waals surface area contributed by atoms with Crippen LogP contribution in [0.2, 0.25) is 5.15 Å². The molecule has 0 aliphatic carbocycles. The third-order valence-electron chi connectivity index (χ3n) is 6.20. The second-order valence-electron chi connectivity index (χ2n) is 9.12. The first kappa shape index (κ1) is 32.1. The topological polar surface area (TPSA) is 178 Å². The van der Waals surface area contributed by atoms with Crippen LogP contribution in [0, 0.1) is 0 Å². The first-order valence-electron chi connectivity index (χ1n) is 13.3. The molecule has 0 saturated heterocycles. The van der Waals surface area contributed by atoms with Crippen molar-refractivity contribution in [2.24, 2.45) is 0 Å². The zero-order valence-corrected chi connectivity index (χ0v) is 24.7. The molecule has 0 atom stereocenters. The van der Waals surface area contributed by atoms with Gasteiger partial charge in [-0.2, -0.15) is 11.8 Å². The number of hydrogen-bond acceptors (Lipinski definition) is 12. The molecule has 0 aliphatic heterocycles. The van der Waals surface area contributed by atoms with Gasteiger partial charge in [-0.25, -0.2) is 19.4 Å². The molecule has 2 aromatic heterocycles. The fraction of sp³-hybridized carbons (Fsp3) is 0.333. The number of carbonyl (C=O) groups is 2. The summed E-state index contributed by atoms with van der Waals surface area (Å²) < 4.78 is 6.82. The van der Waals surface area contributed by atoms with E-state index in [4.69, 9.17) is 26.8 Å². The first-order valence-corrected chi connectivity index (χ1v) is 14.8. The SMILES string of the molecule is CCCCc1nc(Cl)c(C(=O)O)n1Cc1ccc(-c2ccccc2-c2nnn(C(=O)OCCSCCON(O)O)n2)cc1. The molecule has 0 aliphatic rings. The number of halogens is 1. The lowest BCUT2D eigenvalue weighted by Crippen LogP contribution is -2.19. The third-order valence-corrected chi connectivity index (χ3v) is 7.37. The van der Waals surface area contributed by atoms with Crippen LogP contribution in [0.1, 0.15) is 41.6 Å². The fourth-order valence-electron chi connectivity index (χ4n) is 4.19. The molecule has 2 aromatic carbocycles. The highest BCUT2D eigenvalue weighted by Gasteiger charge is 2.22. The van der Waals surface area contributed by atoms with Gasteiger partial charge in [0, 0.05) is 30.0 Å². The number of nitrogens with zero attached hydrogens (tertiary/aromatic N) is 7. The Labute approximate surface area is 255 Å². The van der Waals surface area contributed by atoms with E-state index in [1.165, 1.54) is 11.8 Å². The number of tetrazole rings is 1. The van der Waals surface area contributed by atoms with E-state index in [9.17, 15) is 14.7 Å². The van der Waals surface area contributed by atoms with E-state index < -0.39 is 12.1 Å². The maximum atomic E-state index is 12.4. The molecule has 2 heterocycles. The summed E-state index contributed by atoms with van der Waals surface area (Å²) in [7, 11) is 0. The summed E-state index contributed by atoms with van der Waals surface area (Å²) in [6, 6.07) is 15.1. The molecule has 0 bridgehead atoms. The second kappa shape index (κ2) is 15.6. The van der Waals surface area contributed by atoms with Crippen LogP contribution >= 0.6 is 23.4 Å². The Morgan fingerprint density at radius 2 is 1.77 bits per heavy atom. The molecule has 14 nitrogen and oxygen atoms in total. The Morgan fingerprint density at radius 1 is 1.05 bits per heavy atom. The molecule has 3 N–H and O–H groups in total. The number of aromatic nitrogens is 6. The number of rotatable bonds is 15. The molecular formula is C27H30ClN7O7S. The van der Waals surface area contributed by atoms with Crippen molar-refractivity contribution in [2.45, 2.75) is 32.7 Å². The van der Waals surface area contributed by atoms with Crippen molar-refractivity contribution in [3.8, 4) is 22.5 Å². The third kappa shape index (κ3) is 8.59. The molecule has 0 spiro atoms. The van der Waals surface area contributed by atoms with Crippen LogP contribution in [0.5, 0.6) is 0 Å². The average Bonchev–Trinajstić information content (AvgIpc) is 3.60. The van der Waals surface area contributed by atoms with Gasteiger partial charge in [-0.05, 0) is 28.3 Å². The molecule has 0 unspecified atom stereocenters. The average molecular weight is 632 g/mol. The Kier molecular flexibility index (Phi) is 11.6. The summed E-state index contributed by atoms with van der Waals surface area (Å²) in [4.78, 5) is 33.8. The highest BCUT2D eigenvalue weighted by Crippen LogP contribution is 2.30. The van der Waals surface area contributed by atoms with Crippen LogP contribution in [0.4, 0.5) is 4.79 Å². The lowest BCUT2D eigenvalue weighted by atomic mass is 9.98. The van der Waals surface area contributed by atoms with Gasteiger partial charge in [-0.1, -0.05) is 78.3 Å². The number of aromatic carboxylic acids is 1. The van der Waals surface area contributed by atoms with Crippen molar-refractivity contribution in [2.75, 3.05) is 24.7 Å². The minimum Gasteiger partial charge on any atom is -0.476 e. The van der Waals surface area contributed by atoms with Crippen molar-refractivity contribution >= 4 is 35.4 Å². The van der Waals surface area contributed by atoms with Crippen molar-refractivity contribution in [1.82, 2.24) is 35.1 Å². The standard InChI is InChI=1S/C27H30ClN7O7S/c1-2-3-8-22-29-24(28)23(26(36)37)33(22)17-18-9-11-19(12-10-18)20-6-4-5-7-21(20)25-30-32-34(31-25)27(38)41-13-15-43-16-14-42-35(39)40/h4-7,9-12,39-40H,2-3,8,13-17H2,1H3,(H,36,37). The molecule has 4 rings (SSSR count). The van der Waals surface area contributed by atoms with E-state index in [1.54, 1.807) is 4.57 Å². The monoisotopic (exact) mass is 631 g/mol. The van der Waals surface area contributed by atoms with Crippen molar-refractivity contribution in [3.63, 3.8) is 0 Å². The zero-order chi connectivity index (χ0) is 30.8. The van der Waals surface area contributed by atoms with E-state index >= 15 is 0 Å². The number of aryl methyl sites for hydroxylation is 1. The first-order chi connectivity index (χ1) is 20.8. The highest BCUT2D eigenvalue weighted by atomic mass is 35.5. The van der Waals surface area contributed by atoms with Crippen LogP contribution in [0.25, 0.3) is 22.5 Å². The largest absolute Gasteiger partial charge is 0.476 e. The van der Waals surface area contributed by atoms with Crippen molar-refractivity contribution < 1.29 is 34.7 Å². The lowest BCUT2D eigenvalue weighted by Gasteiger charge is -2.12. The van der Waals surface area contributed by atoms with E-state index in [-0.39, 0.29) is 35.3 Å². The minimum atomic E-state index is -1.13. The fourth-order valence-corrected chi connectivity index (χ4v) is 5.07. The lowest BCUT2D eigenvalue weighted by molar-refractivity contribution is -0.490. The maximum Gasteiger partial charge on any atom is 0.453 e. The molecule has 16 heteroatoms. The van der Waals surface area contributed by atoms with Crippen LogP contribution in [-0.4, -0.2) is 87.5 Å². The molecular weight excluding hydrogens is 602 g/mol. The molecule has 228 valence electrons. The number of benzene rings is 2. The normalized spacial score (nSPS) is 11.3. The van der Waals surface area contributed by atoms with Gasteiger partial charge in [0.2, 0.25) is 5.82 Å². The predicted octanol–water partition coefficient (Wildman–Crippen LogP) is 4.68. The van der Waals surface area contributed by atoms with E-state index in [2.05, 4.69) is 32.2 Å². The number of carbonyl (C=O) groups excluding carboxylic acids is 1. The van der Waals surface area contributed by atoms with Gasteiger partial charge in [0.05, 0.1) is 12.0 Å². The highest BCUT2D eigenvalue weighted by molar-refractivity contribution is 7.99. The van der Waals surface area contributed by atoms with Gasteiger partial charge < -0.3 is 14.4 Å². The molecule has 0 amide bonds. The molecule has 0 fully saturated rings. The van der Waals surface area contributed by atoms with Crippen LogP contribution in [-0.2, 0) is 22.5 Å². The predicted molar refractivity (Wildman–Crippen MR) is 156 cm³/mol. The van der Waals surface area contributed by atoms with Crippen molar-refractivity contribution in [1.29, 1.82) is 0 Å². The van der Waals surface area contributed by atoms with Crippen LogP contribution in [0.3, 0.4) is 0 Å². The summed E-state index contributed by atoms with van der Waals surface area (Å²) in [5.74, 6) is 0.661. The maximum absolute atomic E-state index is 12.4. The molecule has 43 heavy (non-hydrogen) atoms. The van der Waals surface area contributed by atoms with E-state index in [0.29, 0.717) is 35.9 Å². The summed E-state index contributed by atoms with van der Waals surface area (Å²) in [6.07, 6.45) is 1.65. The summed E-state index contributed by atoms with van der Waals surface area (Å²) in [6.45, 7) is 2.52. The summed E-state index contributed by atoms with van der Waals surface area (Å²) >= 11 is 7.56. The molecule has 0 saturated carbocycles. The quantitative estimate of drug-likeness (QED) is 0.122. The van der Waals surface area contributed by atoms with Crippen LogP contribution < -0.4 is 0 Å². The number of carboxylic acid groups (broad SMARTS) is 1. The van der Waals surface area contributed by atoms with E-state index in [1.807, 2.05) is 48.5 Å². The number of carboxylic acids is 1. The second-order valence-corrected chi connectivity index (χ2v) is 10.7. The Balaban J connectivity index is 1.44. The number of unbranched alkanes of at least 4 members (excludes halogenated alkanes) is 1. The minimum absolute atomic E-state index is 0.0168. The van der Waals surface area contributed by atoms with E-state index in [0.717, 1.165) is 34.3 Å². The van der Waals surface area contributed by atoms with Gasteiger partial charge in [0.25, 0.3) is 0 Å². The summed E-state index contributed by atoms with van der Waals surface area (Å²) in [5, 5.41) is 38.4. The van der Waals surface area contributed by atoms with Crippen molar-refractivity contribution in [3.05, 3.63) is 70.8 Å². The smallest absolute Gasteiger partial charge is 0.453 e. The van der Waals surface area contributed by atoms with Gasteiger partial charge in [-0.3, -0.25) is 10.4 Å². The Morgan fingerprint density at radius 3 is 2.47 bits per heavy atom. The van der Waals surface area contributed by atoms with Gasteiger partial charge in [0.15, 0.2) is 10.8 Å². The van der Waals surface area contributed by atoms with Gasteiger partial charge in [-0.15, -0.1) is 10.2 Å². The Hall–Kier alpha value is -3.86. The van der Waals surface area contributed by atoms with Gasteiger partial charge in [0.1, 0.15) is 12.4 Å². The zero-order valence-electron chi connectivity index (χ0n) is 23.2. The Bertz CT molecular complexity index is 1530. The molecule has 4 aromatic rings. The number of hydrogen-bond donors (Lipinski definition) is 3. The van der Waals surface area contributed by atoms with Gasteiger partial charge >= 0.3 is 12.1 Å². The number of thioether (sulfide) groups is 1. The number of imidazole rings is 1. The number of ether oxygens (including phenoxy) is 1. The van der Waals surface area contributed by atoms with Crippen LogP contribution in [0.15, 0.2) is 48.5 Å². The molecule has 0 radical (unpaired) electrons. The summed E-state index contributed by atoms with van der Waals surface area (Å²) in [5.41, 5.74) is 3.17.